The Labute approximate surface area is 248 Å². The topological polar surface area (TPSA) is 101 Å². The number of nitrogens with zero attached hydrogens (tertiary/aromatic N) is 1. The van der Waals surface area contributed by atoms with Gasteiger partial charge in [-0.05, 0) is 59.9 Å². The number of amides is 3. The summed E-state index contributed by atoms with van der Waals surface area (Å²) in [6, 6.07) is 23.6. The van der Waals surface area contributed by atoms with Crippen LogP contribution in [0.3, 0.4) is 0 Å². The number of anilines is 1. The molecule has 2 heterocycles. The van der Waals surface area contributed by atoms with E-state index >= 15 is 0 Å². The van der Waals surface area contributed by atoms with Crippen molar-refractivity contribution in [2.75, 3.05) is 4.90 Å². The quantitative estimate of drug-likeness (QED) is 0.207. The number of imide groups is 1. The van der Waals surface area contributed by atoms with E-state index in [0.717, 1.165) is 12.0 Å². The van der Waals surface area contributed by atoms with Crippen LogP contribution in [0.4, 0.5) is 5.69 Å². The Kier molecular flexibility index (Phi) is 6.53. The second-order valence-electron chi connectivity index (χ2n) is 11.4. The van der Waals surface area contributed by atoms with Gasteiger partial charge in [-0.1, -0.05) is 69.8 Å². The number of carbonyl (C=O) groups is 5. The molecule has 7 heteroatoms. The van der Waals surface area contributed by atoms with Gasteiger partial charge in [0.2, 0.25) is 0 Å². The van der Waals surface area contributed by atoms with Crippen molar-refractivity contribution >= 4 is 40.7 Å². The lowest BCUT2D eigenvalue weighted by Gasteiger charge is -2.23. The van der Waals surface area contributed by atoms with Crippen LogP contribution < -0.4 is 10.2 Å². The number of fused-ring (bicyclic) bond motifs is 2. The van der Waals surface area contributed by atoms with E-state index in [0.29, 0.717) is 39.2 Å². The van der Waals surface area contributed by atoms with E-state index in [1.807, 2.05) is 18.2 Å². The molecule has 1 N–H and O–H groups in total. The van der Waals surface area contributed by atoms with E-state index in [1.165, 1.54) is 23.1 Å². The molecular formula is C36H28N2O5. The van der Waals surface area contributed by atoms with Crippen molar-refractivity contribution in [1.82, 2.24) is 5.32 Å². The van der Waals surface area contributed by atoms with Crippen molar-refractivity contribution in [1.29, 1.82) is 0 Å². The SMILES string of the molecule is C=C1c2cc(C(=O)c3ccc4c(c3)C(=O)NC4=O)ccc2C(=O)N1c1cccc(C(=O)c2cccc(C(C)(C)CC)c2)c1. The summed E-state index contributed by atoms with van der Waals surface area (Å²) in [5.74, 6) is -1.87. The summed E-state index contributed by atoms with van der Waals surface area (Å²) < 4.78 is 0. The fourth-order valence-electron chi connectivity index (χ4n) is 5.46. The molecule has 0 radical (unpaired) electrons. The zero-order valence-corrected chi connectivity index (χ0v) is 24.0. The number of nitrogens with one attached hydrogen (secondary N) is 1. The van der Waals surface area contributed by atoms with E-state index in [9.17, 15) is 24.0 Å². The van der Waals surface area contributed by atoms with E-state index < -0.39 is 11.8 Å². The molecule has 0 aromatic heterocycles. The van der Waals surface area contributed by atoms with Crippen LogP contribution in [0.25, 0.3) is 5.70 Å². The second-order valence-corrected chi connectivity index (χ2v) is 11.4. The summed E-state index contributed by atoms with van der Waals surface area (Å²) in [7, 11) is 0. The molecule has 2 aliphatic rings. The number of rotatable bonds is 7. The largest absolute Gasteiger partial charge is 0.289 e. The molecule has 0 fully saturated rings. The predicted molar refractivity (Wildman–Crippen MR) is 164 cm³/mol. The zero-order chi connectivity index (χ0) is 30.6. The first-order chi connectivity index (χ1) is 20.5. The summed E-state index contributed by atoms with van der Waals surface area (Å²) in [6.07, 6.45) is 0.929. The van der Waals surface area contributed by atoms with E-state index in [1.54, 1.807) is 48.5 Å². The smallest absolute Gasteiger partial charge is 0.263 e. The third kappa shape index (κ3) is 4.59. The normalized spacial score (nSPS) is 14.1. The second kappa shape index (κ2) is 10.1. The highest BCUT2D eigenvalue weighted by Gasteiger charge is 2.34. The van der Waals surface area contributed by atoms with E-state index in [4.69, 9.17) is 0 Å². The minimum atomic E-state index is -0.545. The molecule has 0 atom stereocenters. The first kappa shape index (κ1) is 27.7. The average molecular weight is 569 g/mol. The summed E-state index contributed by atoms with van der Waals surface area (Å²) in [5.41, 5.74) is 4.69. The van der Waals surface area contributed by atoms with Gasteiger partial charge in [0.25, 0.3) is 17.7 Å². The minimum Gasteiger partial charge on any atom is -0.289 e. The first-order valence-electron chi connectivity index (χ1n) is 14.0. The molecule has 0 bridgehead atoms. The van der Waals surface area contributed by atoms with Gasteiger partial charge >= 0.3 is 0 Å². The molecule has 212 valence electrons. The Morgan fingerprint density at radius 1 is 0.698 bits per heavy atom. The Morgan fingerprint density at radius 2 is 1.26 bits per heavy atom. The molecular weight excluding hydrogens is 540 g/mol. The lowest BCUT2D eigenvalue weighted by atomic mass is 9.81. The average Bonchev–Trinajstić information content (AvgIpc) is 3.45. The summed E-state index contributed by atoms with van der Waals surface area (Å²) in [4.78, 5) is 65.8. The Hall–Kier alpha value is -5.43. The van der Waals surface area contributed by atoms with Crippen molar-refractivity contribution in [3.63, 3.8) is 0 Å². The molecule has 0 saturated heterocycles. The minimum absolute atomic E-state index is 0.0714. The van der Waals surface area contributed by atoms with Gasteiger partial charge in [-0.15, -0.1) is 0 Å². The molecule has 0 aliphatic carbocycles. The number of benzene rings is 4. The summed E-state index contributed by atoms with van der Waals surface area (Å²) >= 11 is 0. The zero-order valence-electron chi connectivity index (χ0n) is 24.0. The Balaban J connectivity index is 1.29. The van der Waals surface area contributed by atoms with Gasteiger partial charge in [-0.25, -0.2) is 0 Å². The molecule has 4 aromatic rings. The van der Waals surface area contributed by atoms with E-state index in [2.05, 4.69) is 32.7 Å². The highest BCUT2D eigenvalue weighted by molar-refractivity contribution is 6.24. The van der Waals surface area contributed by atoms with Gasteiger partial charge in [0.15, 0.2) is 11.6 Å². The van der Waals surface area contributed by atoms with E-state index in [-0.39, 0.29) is 39.6 Å². The third-order valence-corrected chi connectivity index (χ3v) is 8.45. The van der Waals surface area contributed by atoms with Crippen molar-refractivity contribution in [2.24, 2.45) is 0 Å². The molecule has 6 rings (SSSR count). The molecule has 0 spiro atoms. The number of hydrogen-bond donors (Lipinski definition) is 1. The summed E-state index contributed by atoms with van der Waals surface area (Å²) in [6.45, 7) is 10.5. The van der Waals surface area contributed by atoms with Crippen LogP contribution in [0.15, 0.2) is 91.5 Å². The molecule has 7 nitrogen and oxygen atoms in total. The van der Waals surface area contributed by atoms with Crippen molar-refractivity contribution in [3.05, 3.63) is 142 Å². The number of carbonyl (C=O) groups excluding carboxylic acids is 5. The van der Waals surface area contributed by atoms with Crippen molar-refractivity contribution in [3.8, 4) is 0 Å². The van der Waals surface area contributed by atoms with Crippen LogP contribution in [0.2, 0.25) is 0 Å². The van der Waals surface area contributed by atoms with Crippen LogP contribution in [0.5, 0.6) is 0 Å². The van der Waals surface area contributed by atoms with Crippen LogP contribution in [0, 0.1) is 0 Å². The molecule has 43 heavy (non-hydrogen) atoms. The number of hydrogen-bond acceptors (Lipinski definition) is 5. The lowest BCUT2D eigenvalue weighted by molar-refractivity contribution is 0.0877. The maximum atomic E-state index is 13.5. The van der Waals surface area contributed by atoms with Gasteiger partial charge in [0, 0.05) is 39.1 Å². The highest BCUT2D eigenvalue weighted by Crippen LogP contribution is 2.37. The predicted octanol–water partition coefficient (Wildman–Crippen LogP) is 6.35. The van der Waals surface area contributed by atoms with Gasteiger partial charge < -0.3 is 0 Å². The Morgan fingerprint density at radius 3 is 1.93 bits per heavy atom. The molecule has 0 saturated carbocycles. The molecule has 0 unspecified atom stereocenters. The summed E-state index contributed by atoms with van der Waals surface area (Å²) in [5, 5.41) is 2.22. The van der Waals surface area contributed by atoms with Crippen molar-refractivity contribution in [2.45, 2.75) is 32.6 Å². The van der Waals surface area contributed by atoms with Gasteiger partial charge in [0.1, 0.15) is 0 Å². The fourth-order valence-corrected chi connectivity index (χ4v) is 5.46. The van der Waals surface area contributed by atoms with Crippen LogP contribution in [-0.4, -0.2) is 29.3 Å². The monoisotopic (exact) mass is 568 g/mol. The standard InChI is InChI=1S/C36H28N2O5/c1-5-36(3,4)25-10-6-8-21(16-25)31(39)22-9-7-11-26(17-22)38-20(2)29-18-23(13-15-28(29)35(38)43)32(40)24-12-14-27-30(19-24)34(42)37-33(27)41/h6-19H,2,5H2,1,3-4H3,(H,37,41,42). The van der Waals surface area contributed by atoms with Crippen LogP contribution in [-0.2, 0) is 5.41 Å². The van der Waals surface area contributed by atoms with Crippen LogP contribution >= 0.6 is 0 Å². The maximum absolute atomic E-state index is 13.5. The number of ketones is 2. The van der Waals surface area contributed by atoms with Gasteiger partial charge in [0.05, 0.1) is 16.8 Å². The Bertz CT molecular complexity index is 1930. The fraction of sp³-hybridized carbons (Fsp3) is 0.139. The molecule has 2 aliphatic heterocycles. The maximum Gasteiger partial charge on any atom is 0.263 e. The van der Waals surface area contributed by atoms with Gasteiger partial charge in [-0.3, -0.25) is 34.2 Å². The van der Waals surface area contributed by atoms with Crippen LogP contribution in [0.1, 0.15) is 101 Å². The first-order valence-corrected chi connectivity index (χ1v) is 14.0. The lowest BCUT2D eigenvalue weighted by Crippen LogP contribution is -2.22. The molecule has 4 aromatic carbocycles. The highest BCUT2D eigenvalue weighted by atomic mass is 16.2. The van der Waals surface area contributed by atoms with Gasteiger partial charge in [-0.2, -0.15) is 0 Å². The molecule has 3 amide bonds. The third-order valence-electron chi connectivity index (χ3n) is 8.45. The van der Waals surface area contributed by atoms with Crippen molar-refractivity contribution < 1.29 is 24.0 Å².